The lowest BCUT2D eigenvalue weighted by Gasteiger charge is -2.11. The van der Waals surface area contributed by atoms with Gasteiger partial charge in [-0.3, -0.25) is 9.67 Å². The Kier molecular flexibility index (Phi) is 3.35. The molecule has 0 aliphatic rings. The molecule has 2 aromatic rings. The fourth-order valence-electron chi connectivity index (χ4n) is 1.67. The molecule has 0 saturated heterocycles. The number of hydrogen-bond donors (Lipinski definition) is 2. The van der Waals surface area contributed by atoms with Crippen molar-refractivity contribution in [3.63, 3.8) is 0 Å². The minimum atomic E-state index is 0.176. The van der Waals surface area contributed by atoms with E-state index in [1.54, 1.807) is 6.07 Å². The van der Waals surface area contributed by atoms with E-state index in [1.807, 2.05) is 30.5 Å². The van der Waals surface area contributed by atoms with E-state index in [0.717, 1.165) is 4.47 Å². The van der Waals surface area contributed by atoms with Crippen molar-refractivity contribution in [2.75, 3.05) is 0 Å². The second kappa shape index (κ2) is 4.62. The number of nitrogens with zero attached hydrogens (tertiary/aromatic N) is 2. The second-order valence-corrected chi connectivity index (χ2v) is 5.28. The van der Waals surface area contributed by atoms with E-state index >= 15 is 0 Å². The molecule has 2 rings (SSSR count). The Morgan fingerprint density at radius 2 is 2.18 bits per heavy atom. The van der Waals surface area contributed by atoms with Crippen LogP contribution in [0.25, 0.3) is 11.4 Å². The zero-order valence-corrected chi connectivity index (χ0v) is 11.8. The molecule has 4 nitrogen and oxygen atoms in total. The number of phenolic OH excluding ortho intramolecular Hbond substituents is 1. The van der Waals surface area contributed by atoms with Crippen LogP contribution < -0.4 is 0 Å². The summed E-state index contributed by atoms with van der Waals surface area (Å²) in [7, 11) is 0. The van der Waals surface area contributed by atoms with Crippen molar-refractivity contribution in [3.05, 3.63) is 27.4 Å². The average molecular weight is 314 g/mol. The summed E-state index contributed by atoms with van der Waals surface area (Å²) in [6, 6.07) is 5.48. The van der Waals surface area contributed by atoms with Crippen LogP contribution in [0.1, 0.15) is 19.9 Å². The van der Waals surface area contributed by atoms with Crippen molar-refractivity contribution >= 4 is 28.1 Å². The van der Waals surface area contributed by atoms with Crippen molar-refractivity contribution < 1.29 is 5.11 Å². The zero-order chi connectivity index (χ0) is 12.6. The Morgan fingerprint density at radius 1 is 1.47 bits per heavy atom. The van der Waals surface area contributed by atoms with E-state index in [4.69, 9.17) is 12.2 Å². The summed E-state index contributed by atoms with van der Waals surface area (Å²) in [6.07, 6.45) is 0. The van der Waals surface area contributed by atoms with Crippen molar-refractivity contribution in [1.29, 1.82) is 0 Å². The molecule has 6 heteroatoms. The standard InChI is InChI=1S/C11H12BrN3OS/c1-6(2)15-10(13-14-11(15)17)8-4-3-7(12)5-9(8)16/h3-6,16H,1-2H3,(H,14,17). The Balaban J connectivity index is 2.65. The van der Waals surface area contributed by atoms with Gasteiger partial charge in [0.2, 0.25) is 0 Å². The van der Waals surface area contributed by atoms with Crippen LogP contribution in [0, 0.1) is 4.77 Å². The lowest BCUT2D eigenvalue weighted by molar-refractivity contribution is 0.475. The molecule has 0 amide bonds. The molecule has 0 aliphatic heterocycles. The molecule has 0 fully saturated rings. The van der Waals surface area contributed by atoms with Crippen LogP contribution in [0.5, 0.6) is 5.75 Å². The zero-order valence-electron chi connectivity index (χ0n) is 9.44. The molecule has 1 heterocycles. The van der Waals surface area contributed by atoms with E-state index < -0.39 is 0 Å². The van der Waals surface area contributed by atoms with Gasteiger partial charge >= 0.3 is 0 Å². The molecule has 0 spiro atoms. The number of nitrogens with one attached hydrogen (secondary N) is 1. The topological polar surface area (TPSA) is 53.8 Å². The van der Waals surface area contributed by atoms with Crippen LogP contribution in [0.3, 0.4) is 0 Å². The van der Waals surface area contributed by atoms with E-state index in [2.05, 4.69) is 26.1 Å². The predicted molar refractivity (Wildman–Crippen MR) is 72.6 cm³/mol. The second-order valence-electron chi connectivity index (χ2n) is 3.98. The maximum Gasteiger partial charge on any atom is 0.195 e. The van der Waals surface area contributed by atoms with Crippen LogP contribution in [0.4, 0.5) is 0 Å². The van der Waals surface area contributed by atoms with Gasteiger partial charge in [0.05, 0.1) is 5.56 Å². The van der Waals surface area contributed by atoms with Crippen LogP contribution >= 0.6 is 28.1 Å². The minimum absolute atomic E-state index is 0.176. The molecule has 2 N–H and O–H groups in total. The number of benzene rings is 1. The Bertz CT molecular complexity index is 603. The summed E-state index contributed by atoms with van der Waals surface area (Å²) in [6.45, 7) is 4.04. The summed E-state index contributed by atoms with van der Waals surface area (Å²) in [5, 5.41) is 16.8. The molecular formula is C11H12BrN3OS. The third-order valence-electron chi connectivity index (χ3n) is 2.42. The molecule has 17 heavy (non-hydrogen) atoms. The van der Waals surface area contributed by atoms with Gasteiger partial charge in [-0.1, -0.05) is 15.9 Å². The normalized spacial score (nSPS) is 11.1. The lowest BCUT2D eigenvalue weighted by atomic mass is 10.2. The highest BCUT2D eigenvalue weighted by Gasteiger charge is 2.14. The van der Waals surface area contributed by atoms with Gasteiger partial charge in [-0.2, -0.15) is 5.10 Å². The van der Waals surface area contributed by atoms with Crippen molar-refractivity contribution in [3.8, 4) is 17.1 Å². The van der Waals surface area contributed by atoms with Crippen LogP contribution in [0.2, 0.25) is 0 Å². The maximum atomic E-state index is 9.93. The van der Waals surface area contributed by atoms with Gasteiger partial charge in [-0.15, -0.1) is 0 Å². The number of H-pyrrole nitrogens is 1. The lowest BCUT2D eigenvalue weighted by Crippen LogP contribution is -2.03. The summed E-state index contributed by atoms with van der Waals surface area (Å²) < 4.78 is 3.25. The van der Waals surface area contributed by atoms with E-state index in [-0.39, 0.29) is 11.8 Å². The van der Waals surface area contributed by atoms with Gasteiger partial charge in [0, 0.05) is 10.5 Å². The van der Waals surface area contributed by atoms with Crippen molar-refractivity contribution in [2.45, 2.75) is 19.9 Å². The van der Waals surface area contributed by atoms with Gasteiger partial charge in [0.1, 0.15) is 5.75 Å². The maximum absolute atomic E-state index is 9.93. The third-order valence-corrected chi connectivity index (χ3v) is 3.20. The highest BCUT2D eigenvalue weighted by atomic mass is 79.9. The highest BCUT2D eigenvalue weighted by molar-refractivity contribution is 9.10. The fraction of sp³-hybridized carbons (Fsp3) is 0.273. The number of rotatable bonds is 2. The monoisotopic (exact) mass is 313 g/mol. The smallest absolute Gasteiger partial charge is 0.195 e. The number of aromatic amines is 1. The minimum Gasteiger partial charge on any atom is -0.507 e. The molecular weight excluding hydrogens is 302 g/mol. The van der Waals surface area contributed by atoms with Crippen LogP contribution in [-0.4, -0.2) is 19.9 Å². The average Bonchev–Trinajstić information content (AvgIpc) is 2.60. The molecule has 1 aromatic heterocycles. The molecule has 0 saturated carbocycles. The number of aromatic hydroxyl groups is 1. The van der Waals surface area contributed by atoms with E-state index in [9.17, 15) is 5.11 Å². The largest absolute Gasteiger partial charge is 0.507 e. The molecule has 90 valence electrons. The van der Waals surface area contributed by atoms with Crippen molar-refractivity contribution in [1.82, 2.24) is 14.8 Å². The summed E-state index contributed by atoms with van der Waals surface area (Å²) in [4.78, 5) is 0. The molecule has 0 unspecified atom stereocenters. The quantitative estimate of drug-likeness (QED) is 0.832. The van der Waals surface area contributed by atoms with Crippen molar-refractivity contribution in [2.24, 2.45) is 0 Å². The van der Waals surface area contributed by atoms with E-state index in [1.165, 1.54) is 0 Å². The summed E-state index contributed by atoms with van der Waals surface area (Å²) >= 11 is 8.48. The molecule has 0 atom stereocenters. The Hall–Kier alpha value is -1.14. The first-order valence-electron chi connectivity index (χ1n) is 5.16. The number of halogens is 1. The van der Waals surface area contributed by atoms with Gasteiger partial charge in [-0.05, 0) is 44.3 Å². The van der Waals surface area contributed by atoms with Gasteiger partial charge in [-0.25, -0.2) is 0 Å². The number of aromatic nitrogens is 3. The first-order chi connectivity index (χ1) is 8.00. The van der Waals surface area contributed by atoms with Crippen LogP contribution in [-0.2, 0) is 0 Å². The predicted octanol–water partition coefficient (Wildman–Crippen LogP) is 3.66. The number of phenols is 1. The summed E-state index contributed by atoms with van der Waals surface area (Å²) in [5.41, 5.74) is 0.661. The fourth-order valence-corrected chi connectivity index (χ4v) is 2.36. The molecule has 0 radical (unpaired) electrons. The van der Waals surface area contributed by atoms with E-state index in [0.29, 0.717) is 16.2 Å². The highest BCUT2D eigenvalue weighted by Crippen LogP contribution is 2.31. The van der Waals surface area contributed by atoms with Gasteiger partial charge in [0.25, 0.3) is 0 Å². The summed E-state index contributed by atoms with van der Waals surface area (Å²) in [5.74, 6) is 0.824. The number of hydrogen-bond acceptors (Lipinski definition) is 3. The Morgan fingerprint density at radius 3 is 2.76 bits per heavy atom. The molecule has 0 bridgehead atoms. The van der Waals surface area contributed by atoms with Gasteiger partial charge in [0.15, 0.2) is 10.6 Å². The molecule has 0 aliphatic carbocycles. The van der Waals surface area contributed by atoms with Gasteiger partial charge < -0.3 is 5.11 Å². The Labute approximate surface area is 112 Å². The first-order valence-corrected chi connectivity index (χ1v) is 6.36. The first kappa shape index (κ1) is 12.3. The third kappa shape index (κ3) is 2.28. The van der Waals surface area contributed by atoms with Crippen LogP contribution in [0.15, 0.2) is 22.7 Å². The molecule has 1 aromatic carbocycles. The SMILES string of the molecule is CC(C)n1c(-c2ccc(Br)cc2O)n[nH]c1=S.